The molecule has 0 aliphatic carbocycles. The molecule has 0 fully saturated rings. The lowest BCUT2D eigenvalue weighted by Crippen LogP contribution is -2.31. The number of rotatable bonds is 32. The van der Waals surface area contributed by atoms with Gasteiger partial charge in [0.2, 0.25) is 0 Å². The fraction of sp³-hybridized carbons (Fsp3) is 0.528. The van der Waals surface area contributed by atoms with Crippen molar-refractivity contribution in [2.24, 2.45) is 0 Å². The standard InChI is InChI=1S/2C36H52N4O5Si2/c1-26-21-31(42-3)33(28-14-16-39(34(26)28)24-44-17-19-46(5,6)7)36(2,15-13-32(41)43-4)35-38-29-22-27(23-37)11-12-30(29)40(35)25-45-18-20-47(8,9)10;1-26-21-31(42-3)33(28-14-16-39(34(26)28)24-44-17-19-46(5,6)7)36(2,15-13-32(41)43-4)35-38-29-12-11-27(23-37)22-30(29)40(35)25-45-18-20-47(8,9)10/h2*11-12,14,16,21-22H,13,15,17-20,24-25H2,1-10H3. The molecule has 4 aromatic carbocycles. The van der Waals surface area contributed by atoms with Crippen molar-refractivity contribution >= 4 is 88.1 Å². The van der Waals surface area contributed by atoms with Gasteiger partial charge in [0.25, 0.3) is 0 Å². The number of aromatic nitrogens is 6. The third-order valence-electron chi connectivity index (χ3n) is 17.7. The Morgan fingerprint density at radius 3 is 1.24 bits per heavy atom. The van der Waals surface area contributed by atoms with E-state index in [2.05, 4.69) is 173 Å². The van der Waals surface area contributed by atoms with Crippen molar-refractivity contribution in [3.63, 3.8) is 0 Å². The summed E-state index contributed by atoms with van der Waals surface area (Å²) in [6.45, 7) is 40.7. The highest BCUT2D eigenvalue weighted by molar-refractivity contribution is 6.77. The molecule has 0 aliphatic rings. The molecule has 94 heavy (non-hydrogen) atoms. The molecule has 2 atom stereocenters. The number of nitriles is 2. The number of carbonyl (C=O) groups excluding carboxylic acids is 2. The number of hydrogen-bond donors (Lipinski definition) is 0. The highest BCUT2D eigenvalue weighted by atomic mass is 28.3. The SMILES string of the molecule is COC(=O)CCC(C)(c1c(OC)cc(C)c2c1ccn2COCC[Si](C)(C)C)c1nc2cc(C#N)ccc2n1COCC[Si](C)(C)C.COC(=O)CCC(C)(c1c(OC)cc(C)c2c1ccn2COCC[Si](C)(C)C)c1nc2ccc(C#N)cc2n1COCC[Si](C)(C)C. The molecule has 4 aromatic heterocycles. The highest BCUT2D eigenvalue weighted by Gasteiger charge is 2.42. The molecule has 4 heterocycles. The number of nitrogens with zero attached hydrogens (tertiary/aromatic N) is 8. The van der Waals surface area contributed by atoms with Crippen LogP contribution in [0, 0.1) is 36.5 Å². The summed E-state index contributed by atoms with van der Waals surface area (Å²) < 4.78 is 56.0. The molecule has 508 valence electrons. The quantitative estimate of drug-likeness (QED) is 0.0219. The second-order valence-corrected chi connectivity index (χ2v) is 52.7. The molecule has 0 aliphatic heterocycles. The van der Waals surface area contributed by atoms with Crippen molar-refractivity contribution in [2.45, 2.75) is 194 Å². The van der Waals surface area contributed by atoms with Gasteiger partial charge in [-0.2, -0.15) is 10.5 Å². The van der Waals surface area contributed by atoms with Crippen molar-refractivity contribution < 1.29 is 47.5 Å². The molecule has 0 saturated carbocycles. The van der Waals surface area contributed by atoms with Gasteiger partial charge in [0.1, 0.15) is 50.1 Å². The molecule has 0 saturated heterocycles. The summed E-state index contributed by atoms with van der Waals surface area (Å²) in [5, 5.41) is 21.5. The normalized spacial score (nSPS) is 13.6. The average molecular weight is 1350 g/mol. The Labute approximate surface area is 561 Å². The van der Waals surface area contributed by atoms with Gasteiger partial charge in [0, 0.05) is 106 Å². The van der Waals surface area contributed by atoms with Crippen LogP contribution in [0.3, 0.4) is 0 Å². The van der Waals surface area contributed by atoms with Crippen LogP contribution < -0.4 is 9.47 Å². The van der Waals surface area contributed by atoms with E-state index in [1.807, 2.05) is 30.3 Å². The molecule has 0 N–H and O–H groups in total. The van der Waals surface area contributed by atoms with Crippen molar-refractivity contribution in [3.05, 3.63) is 118 Å². The first-order valence-electron chi connectivity index (χ1n) is 32.8. The fourth-order valence-corrected chi connectivity index (χ4v) is 15.1. The molecular formula is C72H104N8O10Si4. The van der Waals surface area contributed by atoms with Crippen molar-refractivity contribution in [2.75, 3.05) is 54.9 Å². The van der Waals surface area contributed by atoms with Crippen LogP contribution in [0.2, 0.25) is 103 Å². The monoisotopic (exact) mass is 1350 g/mol. The lowest BCUT2D eigenvalue weighted by molar-refractivity contribution is -0.141. The van der Waals surface area contributed by atoms with E-state index < -0.39 is 43.1 Å². The van der Waals surface area contributed by atoms with Gasteiger partial charge >= 0.3 is 11.9 Å². The van der Waals surface area contributed by atoms with Crippen LogP contribution in [0.5, 0.6) is 11.5 Å². The van der Waals surface area contributed by atoms with Crippen LogP contribution >= 0.6 is 0 Å². The van der Waals surface area contributed by atoms with Crippen LogP contribution in [0.25, 0.3) is 43.9 Å². The minimum Gasteiger partial charge on any atom is -0.496 e. The van der Waals surface area contributed by atoms with Gasteiger partial charge in [-0.3, -0.25) is 9.59 Å². The molecule has 18 nitrogen and oxygen atoms in total. The first-order valence-corrected chi connectivity index (χ1v) is 47.7. The molecule has 22 heteroatoms. The molecule has 0 amide bonds. The number of benzene rings is 4. The van der Waals surface area contributed by atoms with E-state index >= 15 is 0 Å². The number of esters is 2. The van der Waals surface area contributed by atoms with E-state index in [9.17, 15) is 20.1 Å². The summed E-state index contributed by atoms with van der Waals surface area (Å²) in [7, 11) is 1.12. The number of aryl methyl sites for hydroxylation is 2. The molecule has 0 spiro atoms. The smallest absolute Gasteiger partial charge is 0.305 e. The van der Waals surface area contributed by atoms with Crippen LogP contribution in [0.4, 0.5) is 0 Å². The van der Waals surface area contributed by atoms with E-state index in [4.69, 9.17) is 47.9 Å². The minimum absolute atomic E-state index is 0.176. The minimum atomic E-state index is -1.32. The number of fused-ring (bicyclic) bond motifs is 4. The summed E-state index contributed by atoms with van der Waals surface area (Å²) in [6, 6.07) is 28.2. The van der Waals surface area contributed by atoms with Gasteiger partial charge in [-0.05, 0) is 137 Å². The Hall–Kier alpha value is -6.87. The third kappa shape index (κ3) is 18.4. The van der Waals surface area contributed by atoms with E-state index in [0.29, 0.717) is 62.9 Å². The summed E-state index contributed by atoms with van der Waals surface area (Å²) in [5.41, 5.74) is 8.70. The van der Waals surface area contributed by atoms with E-state index in [1.165, 1.54) is 14.2 Å². The van der Waals surface area contributed by atoms with Crippen LogP contribution in [-0.4, -0.2) is 127 Å². The topological polar surface area (TPSA) is 201 Å². The summed E-state index contributed by atoms with van der Waals surface area (Å²) in [4.78, 5) is 35.8. The zero-order valence-electron chi connectivity index (χ0n) is 59.9. The molecule has 8 rings (SSSR count). The Morgan fingerprint density at radius 1 is 0.489 bits per heavy atom. The second kappa shape index (κ2) is 31.3. The summed E-state index contributed by atoms with van der Waals surface area (Å²) in [6.07, 6.45) is 5.31. The lowest BCUT2D eigenvalue weighted by Gasteiger charge is -2.33. The highest BCUT2D eigenvalue weighted by Crippen LogP contribution is 2.49. The Bertz CT molecular complexity index is 3890. The van der Waals surface area contributed by atoms with Gasteiger partial charge < -0.3 is 56.2 Å². The van der Waals surface area contributed by atoms with Gasteiger partial charge in [0.15, 0.2) is 0 Å². The largest absolute Gasteiger partial charge is 0.496 e. The Morgan fingerprint density at radius 2 is 0.862 bits per heavy atom. The maximum Gasteiger partial charge on any atom is 0.305 e. The van der Waals surface area contributed by atoms with Gasteiger partial charge in [-0.1, -0.05) is 78.6 Å². The number of carbonyl (C=O) groups is 2. The van der Waals surface area contributed by atoms with Crippen LogP contribution in [-0.2, 0) is 75.8 Å². The second-order valence-electron chi connectivity index (χ2n) is 30.2. The summed E-state index contributed by atoms with van der Waals surface area (Å²) >= 11 is 0. The zero-order chi connectivity index (χ0) is 69.1. The predicted octanol–water partition coefficient (Wildman–Crippen LogP) is 16.1. The predicted molar refractivity (Wildman–Crippen MR) is 387 cm³/mol. The third-order valence-corrected chi connectivity index (χ3v) is 24.5. The Kier molecular flexibility index (Phi) is 24.8. The lowest BCUT2D eigenvalue weighted by atomic mass is 9.75. The van der Waals surface area contributed by atoms with Crippen molar-refractivity contribution in [1.82, 2.24) is 28.2 Å². The van der Waals surface area contributed by atoms with Gasteiger partial charge in [-0.15, -0.1) is 0 Å². The van der Waals surface area contributed by atoms with Gasteiger partial charge in [0.05, 0.1) is 95.6 Å². The average Bonchev–Trinajstić information content (AvgIpc) is 1.51. The fourth-order valence-electron chi connectivity index (χ4n) is 12.1. The molecular weight excluding hydrogens is 1250 g/mol. The molecule has 2 unspecified atom stereocenters. The maximum absolute atomic E-state index is 12.7. The summed E-state index contributed by atoms with van der Waals surface area (Å²) in [5.74, 6) is 2.32. The van der Waals surface area contributed by atoms with Crippen molar-refractivity contribution in [3.8, 4) is 23.6 Å². The molecule has 0 radical (unpaired) electrons. The zero-order valence-corrected chi connectivity index (χ0v) is 63.9. The molecule has 0 bridgehead atoms. The van der Waals surface area contributed by atoms with Crippen LogP contribution in [0.15, 0.2) is 73.1 Å². The number of imidazole rings is 2. The van der Waals surface area contributed by atoms with Crippen molar-refractivity contribution in [1.29, 1.82) is 10.5 Å². The maximum atomic E-state index is 12.7. The number of methoxy groups -OCH3 is 4. The first kappa shape index (κ1) is 74.5. The van der Waals surface area contributed by atoms with E-state index in [1.54, 1.807) is 20.3 Å². The number of hydrogen-bond acceptors (Lipinski definition) is 14. The van der Waals surface area contributed by atoms with Crippen LogP contribution in [0.1, 0.15) is 84.6 Å². The van der Waals surface area contributed by atoms with E-state index in [-0.39, 0.29) is 31.5 Å². The van der Waals surface area contributed by atoms with E-state index in [0.717, 1.165) is 121 Å². The first-order chi connectivity index (χ1) is 44.2. The molecule has 8 aromatic rings. The number of ether oxygens (including phenoxy) is 8. The Balaban J connectivity index is 0.000000266. The van der Waals surface area contributed by atoms with Gasteiger partial charge in [-0.25, -0.2) is 9.97 Å².